The van der Waals surface area contributed by atoms with E-state index in [9.17, 15) is 16.9 Å². The van der Waals surface area contributed by atoms with E-state index in [1.54, 1.807) is 0 Å². The maximum atomic E-state index is 9.93. The number of rotatable bonds is 4. The third kappa shape index (κ3) is 10.6. The van der Waals surface area contributed by atoms with Gasteiger partial charge in [-0.25, -0.2) is 0 Å². The molecule has 0 atom stereocenters. The topological polar surface area (TPSA) is 0 Å². The van der Waals surface area contributed by atoms with Gasteiger partial charge in [0.15, 0.2) is 9.79 Å². The summed E-state index contributed by atoms with van der Waals surface area (Å²) in [6.45, 7) is 0. The molecule has 0 aliphatic carbocycles. The summed E-state index contributed by atoms with van der Waals surface area (Å²) in [5.74, 6) is 0. The first-order chi connectivity index (χ1) is 12.4. The van der Waals surface area contributed by atoms with Crippen molar-refractivity contribution in [3.8, 4) is 0 Å². The van der Waals surface area contributed by atoms with Gasteiger partial charge in [-0.1, -0.05) is 54.6 Å². The maximum Gasteiger partial charge on any atom is 0.174 e. The predicted molar refractivity (Wildman–Crippen MR) is 101 cm³/mol. The standard InChI is InChI=1S/C18H15S2.6FH.Sb/c1-4-10-16(11-5-1)19-20(17-12-6-2-7-13-17)18-14-8-3-9-15-18;;;;;;;/h1-15H;6*1H;/q+1;;;;;;;+5/p-6. The van der Waals surface area contributed by atoms with Crippen molar-refractivity contribution in [3.63, 3.8) is 0 Å². The monoisotopic (exact) mass is 530 g/mol. The minimum absolute atomic E-state index is 0.0144. The summed E-state index contributed by atoms with van der Waals surface area (Å²) in [7, 11) is 1.94. The minimum atomic E-state index is -11.2. The van der Waals surface area contributed by atoms with Gasteiger partial charge in [-0.05, 0) is 36.4 Å². The predicted octanol–water partition coefficient (Wildman–Crippen LogP) is 7.57. The van der Waals surface area contributed by atoms with Gasteiger partial charge in [0.25, 0.3) is 0 Å². The normalized spacial score (nSPS) is 13.9. The number of halogens is 6. The Morgan fingerprint density at radius 1 is 0.519 bits per heavy atom. The van der Waals surface area contributed by atoms with E-state index in [2.05, 4.69) is 91.0 Å². The summed E-state index contributed by atoms with van der Waals surface area (Å²) in [6.07, 6.45) is 0. The molecule has 9 heteroatoms. The van der Waals surface area contributed by atoms with Crippen molar-refractivity contribution in [1.29, 1.82) is 0 Å². The van der Waals surface area contributed by atoms with E-state index >= 15 is 0 Å². The summed E-state index contributed by atoms with van der Waals surface area (Å²) < 4.78 is 59.6. The van der Waals surface area contributed by atoms with E-state index in [0.717, 1.165) is 0 Å². The Morgan fingerprint density at radius 3 is 1.15 bits per heavy atom. The molecular weight excluding hydrogens is 516 g/mol. The van der Waals surface area contributed by atoms with Crippen molar-refractivity contribution < 1.29 is 16.9 Å². The molecule has 0 amide bonds. The molecule has 0 unspecified atom stereocenters. The van der Waals surface area contributed by atoms with Crippen LogP contribution in [0.5, 0.6) is 0 Å². The molecule has 3 rings (SSSR count). The molecule has 27 heavy (non-hydrogen) atoms. The zero-order valence-corrected chi connectivity index (χ0v) is 17.9. The van der Waals surface area contributed by atoms with Crippen LogP contribution in [0, 0.1) is 0 Å². The van der Waals surface area contributed by atoms with Crippen molar-refractivity contribution in [2.45, 2.75) is 14.7 Å². The first-order valence-corrected chi connectivity index (χ1v) is 15.9. The van der Waals surface area contributed by atoms with Crippen molar-refractivity contribution in [3.05, 3.63) is 91.0 Å². The van der Waals surface area contributed by atoms with Crippen molar-refractivity contribution in [2.24, 2.45) is 0 Å². The van der Waals surface area contributed by atoms with Crippen LogP contribution in [0.15, 0.2) is 106 Å². The molecule has 0 saturated carbocycles. The summed E-state index contributed by atoms with van der Waals surface area (Å²) in [4.78, 5) is 4.05. The number of benzene rings is 3. The molecule has 0 N–H and O–H groups in total. The second-order valence-electron chi connectivity index (χ2n) is 5.25. The smallest absolute Gasteiger partial charge is 0.0622 e. The summed E-state index contributed by atoms with van der Waals surface area (Å²) in [6, 6.07) is 32.1. The molecule has 146 valence electrons. The molecule has 0 saturated heterocycles. The fraction of sp³-hybridized carbons (Fsp3) is 0. The van der Waals surface area contributed by atoms with E-state index in [4.69, 9.17) is 0 Å². The van der Waals surface area contributed by atoms with Crippen LogP contribution in [0.2, 0.25) is 0 Å². The number of hydrogen-bond acceptors (Lipinski definition) is 1. The SMILES string of the molecule is [F][Sb-]([F])([F])([F])([F])[F].c1ccc(S[S+](c2ccccc2)c2ccccc2)cc1. The molecule has 3 aromatic carbocycles. The van der Waals surface area contributed by atoms with Crippen LogP contribution in [0.4, 0.5) is 16.9 Å². The maximum absolute atomic E-state index is 11.2. The molecule has 0 aliphatic heterocycles. The van der Waals surface area contributed by atoms with E-state index in [0.29, 0.717) is 0 Å². The molecular formula is C18H15F6S2Sb. The van der Waals surface area contributed by atoms with E-state index in [-0.39, 0.29) is 9.93 Å². The van der Waals surface area contributed by atoms with Gasteiger partial charge in [0.1, 0.15) is 20.7 Å². The molecule has 3 aromatic rings. The second kappa shape index (κ2) is 8.01. The molecule has 0 aromatic heterocycles. The third-order valence-electron chi connectivity index (χ3n) is 2.84. The van der Waals surface area contributed by atoms with Crippen molar-refractivity contribution in [2.75, 3.05) is 0 Å². The van der Waals surface area contributed by atoms with Crippen LogP contribution >= 0.6 is 10.8 Å². The Kier molecular flexibility index (Phi) is 6.55. The molecule has 0 heterocycles. The van der Waals surface area contributed by atoms with Crippen LogP contribution in [0.1, 0.15) is 0 Å². The first-order valence-electron chi connectivity index (χ1n) is 7.53. The van der Waals surface area contributed by atoms with Gasteiger partial charge in [-0.15, -0.1) is 0 Å². The average Bonchev–Trinajstić information content (AvgIpc) is 2.59. The van der Waals surface area contributed by atoms with Gasteiger partial charge in [0.2, 0.25) is 0 Å². The Balaban J connectivity index is 0.000000321. The first kappa shape index (κ1) is 22.1. The van der Waals surface area contributed by atoms with Gasteiger partial charge in [0, 0.05) is 0 Å². The van der Waals surface area contributed by atoms with Gasteiger partial charge in [-0.2, -0.15) is 0 Å². The van der Waals surface area contributed by atoms with Crippen LogP contribution in [-0.4, -0.2) is 19.5 Å². The fourth-order valence-electron chi connectivity index (χ4n) is 1.89. The van der Waals surface area contributed by atoms with Crippen LogP contribution in [0.25, 0.3) is 0 Å². The Labute approximate surface area is 162 Å². The number of hydrogen-bond donors (Lipinski definition) is 0. The fourth-order valence-corrected chi connectivity index (χ4v) is 5.78. The van der Waals surface area contributed by atoms with Gasteiger partial charge in [-0.3, -0.25) is 0 Å². The zero-order chi connectivity index (χ0) is 20.0. The Bertz CT molecular complexity index is 790. The van der Waals surface area contributed by atoms with Crippen molar-refractivity contribution >= 4 is 40.2 Å². The molecule has 0 nitrogen and oxygen atoms in total. The van der Waals surface area contributed by atoms with Crippen molar-refractivity contribution in [1.82, 2.24) is 0 Å². The quantitative estimate of drug-likeness (QED) is 0.145. The second-order valence-corrected chi connectivity index (χ2v) is 14.3. The van der Waals surface area contributed by atoms with E-state index in [1.807, 2.05) is 10.8 Å². The minimum Gasteiger partial charge on any atom is -0.0622 e. The molecule has 0 fully saturated rings. The van der Waals surface area contributed by atoms with Crippen LogP contribution in [-0.2, 0) is 9.93 Å². The average molecular weight is 531 g/mol. The van der Waals surface area contributed by atoms with E-state index < -0.39 is 19.5 Å². The van der Waals surface area contributed by atoms with Gasteiger partial charge < -0.3 is 0 Å². The molecule has 0 aliphatic rings. The molecule has 0 spiro atoms. The summed E-state index contributed by atoms with van der Waals surface area (Å²) in [5.41, 5.74) is 0. The third-order valence-corrected chi connectivity index (χ3v) is 7.10. The Morgan fingerprint density at radius 2 is 0.815 bits per heavy atom. The molecule has 0 radical (unpaired) electrons. The van der Waals surface area contributed by atoms with E-state index in [1.165, 1.54) is 14.7 Å². The molecule has 0 bridgehead atoms. The largest absolute Gasteiger partial charge is 0.174 e. The van der Waals surface area contributed by atoms with Gasteiger partial charge >= 0.3 is 36.4 Å². The summed E-state index contributed by atoms with van der Waals surface area (Å²) in [5, 5.41) is 0. The van der Waals surface area contributed by atoms with Gasteiger partial charge in [0.05, 0.1) is 4.90 Å². The van der Waals surface area contributed by atoms with Crippen LogP contribution < -0.4 is 0 Å². The summed E-state index contributed by atoms with van der Waals surface area (Å²) >= 11 is -11.2. The zero-order valence-electron chi connectivity index (χ0n) is 13.7. The Hall–Kier alpha value is -1.24. The van der Waals surface area contributed by atoms with Crippen LogP contribution in [0.3, 0.4) is 0 Å².